The minimum atomic E-state index is -3.48. The van der Waals surface area contributed by atoms with Crippen LogP contribution in [-0.2, 0) is 15.8 Å². The van der Waals surface area contributed by atoms with Crippen molar-refractivity contribution in [3.63, 3.8) is 0 Å². The van der Waals surface area contributed by atoms with Crippen LogP contribution in [-0.4, -0.2) is 31.6 Å². The molecule has 4 nitrogen and oxygen atoms in total. The molecule has 1 aliphatic heterocycles. The highest BCUT2D eigenvalue weighted by Crippen LogP contribution is 2.26. The molecule has 1 saturated heterocycles. The van der Waals surface area contributed by atoms with E-state index in [2.05, 4.69) is 0 Å². The van der Waals surface area contributed by atoms with Crippen LogP contribution in [0, 0.1) is 17.6 Å². The smallest absolute Gasteiger partial charge is 0.218 e. The van der Waals surface area contributed by atoms with Gasteiger partial charge in [-0.1, -0.05) is 30.3 Å². The van der Waals surface area contributed by atoms with Crippen molar-refractivity contribution in [2.45, 2.75) is 18.6 Å². The Labute approximate surface area is 151 Å². The molecule has 0 saturated carbocycles. The summed E-state index contributed by atoms with van der Waals surface area (Å²) in [7, 11) is -3.48. The third kappa shape index (κ3) is 4.16. The maximum absolute atomic E-state index is 13.8. The summed E-state index contributed by atoms with van der Waals surface area (Å²) in [6.45, 7) is 0.394. The van der Waals surface area contributed by atoms with E-state index in [9.17, 15) is 22.0 Å². The van der Waals surface area contributed by atoms with Gasteiger partial charge in [-0.2, -0.15) is 0 Å². The molecule has 0 aromatic heterocycles. The van der Waals surface area contributed by atoms with E-state index in [0.29, 0.717) is 18.4 Å². The Kier molecular flexibility index (Phi) is 5.48. The average Bonchev–Trinajstić information content (AvgIpc) is 2.64. The summed E-state index contributed by atoms with van der Waals surface area (Å²) in [5.74, 6) is -2.49. The number of rotatable bonds is 5. The number of sulfonamides is 1. The fourth-order valence-electron chi connectivity index (χ4n) is 3.18. The van der Waals surface area contributed by atoms with Gasteiger partial charge in [-0.15, -0.1) is 0 Å². The molecule has 1 aliphatic rings. The van der Waals surface area contributed by atoms with Crippen LogP contribution in [0.1, 0.15) is 28.8 Å². The summed E-state index contributed by atoms with van der Waals surface area (Å²) in [5, 5.41) is 0. The highest BCUT2D eigenvalue weighted by Gasteiger charge is 2.32. The van der Waals surface area contributed by atoms with Crippen LogP contribution < -0.4 is 0 Å². The van der Waals surface area contributed by atoms with Crippen LogP contribution in [0.5, 0.6) is 0 Å². The lowest BCUT2D eigenvalue weighted by Crippen LogP contribution is -2.40. The number of hydrogen-bond donors (Lipinski definition) is 0. The van der Waals surface area contributed by atoms with Gasteiger partial charge in [0.1, 0.15) is 11.6 Å². The third-order valence-corrected chi connectivity index (χ3v) is 6.45. The van der Waals surface area contributed by atoms with E-state index in [1.807, 2.05) is 6.07 Å². The largest absolute Gasteiger partial charge is 0.294 e. The molecule has 0 spiro atoms. The van der Waals surface area contributed by atoms with Crippen molar-refractivity contribution in [1.29, 1.82) is 0 Å². The van der Waals surface area contributed by atoms with E-state index in [1.165, 1.54) is 4.31 Å². The topological polar surface area (TPSA) is 54.5 Å². The van der Waals surface area contributed by atoms with Crippen LogP contribution in [0.15, 0.2) is 48.5 Å². The number of carbonyl (C=O) groups excluding carboxylic acids is 1. The zero-order valence-electron chi connectivity index (χ0n) is 14.1. The van der Waals surface area contributed by atoms with Gasteiger partial charge in [0.05, 0.1) is 11.3 Å². The lowest BCUT2D eigenvalue weighted by atomic mass is 9.89. The molecular formula is C19H19F2NO3S. The Morgan fingerprint density at radius 2 is 1.69 bits per heavy atom. The normalized spacial score (nSPS) is 16.5. The van der Waals surface area contributed by atoms with Crippen molar-refractivity contribution >= 4 is 15.8 Å². The third-order valence-electron chi connectivity index (χ3n) is 4.60. The molecule has 2 aromatic carbocycles. The van der Waals surface area contributed by atoms with E-state index < -0.39 is 33.4 Å². The summed E-state index contributed by atoms with van der Waals surface area (Å²) in [4.78, 5) is 12.4. The van der Waals surface area contributed by atoms with Crippen LogP contribution in [0.4, 0.5) is 8.78 Å². The Bertz CT molecular complexity index is 892. The van der Waals surface area contributed by atoms with Gasteiger partial charge < -0.3 is 0 Å². The summed E-state index contributed by atoms with van der Waals surface area (Å²) in [6.07, 6.45) is 0.589. The Morgan fingerprint density at radius 1 is 1.04 bits per heavy atom. The molecule has 0 radical (unpaired) electrons. The number of Topliss-reactive ketones (excluding diaryl/α,β-unsaturated/α-hetero) is 1. The number of hydrogen-bond acceptors (Lipinski definition) is 3. The fourth-order valence-corrected chi connectivity index (χ4v) is 4.74. The molecule has 0 N–H and O–H groups in total. The molecule has 0 atom stereocenters. The van der Waals surface area contributed by atoms with E-state index in [1.54, 1.807) is 24.3 Å². The highest BCUT2D eigenvalue weighted by atomic mass is 32.2. The zero-order chi connectivity index (χ0) is 18.7. The predicted octanol–water partition coefficient (Wildman–Crippen LogP) is 3.39. The number of ketones is 1. The SMILES string of the molecule is O=C(c1cc(F)ccc1F)C1CCN(S(=O)(=O)Cc2ccccc2)CC1. The minimum absolute atomic E-state index is 0.0923. The first-order chi connectivity index (χ1) is 12.4. The van der Waals surface area contributed by atoms with Gasteiger partial charge in [-0.05, 0) is 36.6 Å². The van der Waals surface area contributed by atoms with Crippen molar-refractivity contribution in [2.75, 3.05) is 13.1 Å². The molecule has 2 aromatic rings. The van der Waals surface area contributed by atoms with Crippen molar-refractivity contribution in [3.05, 3.63) is 71.3 Å². The number of benzene rings is 2. The molecule has 3 rings (SSSR count). The molecular weight excluding hydrogens is 360 g/mol. The van der Waals surface area contributed by atoms with E-state index in [-0.39, 0.29) is 24.4 Å². The second-order valence-corrected chi connectivity index (χ2v) is 8.37. The van der Waals surface area contributed by atoms with Crippen molar-refractivity contribution in [3.8, 4) is 0 Å². The Hall–Kier alpha value is -2.12. The van der Waals surface area contributed by atoms with Crippen molar-refractivity contribution in [1.82, 2.24) is 4.31 Å². The van der Waals surface area contributed by atoms with Crippen LogP contribution in [0.3, 0.4) is 0 Å². The van der Waals surface area contributed by atoms with Gasteiger partial charge in [-0.25, -0.2) is 21.5 Å². The minimum Gasteiger partial charge on any atom is -0.294 e. The first-order valence-electron chi connectivity index (χ1n) is 8.38. The predicted molar refractivity (Wildman–Crippen MR) is 94.1 cm³/mol. The summed E-state index contributed by atoms with van der Waals surface area (Å²) >= 11 is 0. The van der Waals surface area contributed by atoms with Gasteiger partial charge in [0.15, 0.2) is 5.78 Å². The van der Waals surface area contributed by atoms with Gasteiger partial charge in [-0.3, -0.25) is 4.79 Å². The molecule has 0 unspecified atom stereocenters. The van der Waals surface area contributed by atoms with E-state index in [4.69, 9.17) is 0 Å². The standard InChI is InChI=1S/C19H19F2NO3S/c20-16-6-7-18(21)17(12-16)19(23)15-8-10-22(11-9-15)26(24,25)13-14-4-2-1-3-5-14/h1-7,12,15H,8-11,13H2. The molecule has 26 heavy (non-hydrogen) atoms. The molecule has 0 bridgehead atoms. The second kappa shape index (κ2) is 7.63. The molecule has 7 heteroatoms. The van der Waals surface area contributed by atoms with Gasteiger partial charge in [0.25, 0.3) is 0 Å². The molecule has 0 aliphatic carbocycles. The number of carbonyl (C=O) groups is 1. The van der Waals surface area contributed by atoms with E-state index in [0.717, 1.165) is 18.2 Å². The first-order valence-corrected chi connectivity index (χ1v) is 9.99. The lowest BCUT2D eigenvalue weighted by molar-refractivity contribution is 0.0870. The quantitative estimate of drug-likeness (QED) is 0.749. The molecule has 1 heterocycles. The summed E-state index contributed by atoms with van der Waals surface area (Å²) < 4.78 is 53.5. The zero-order valence-corrected chi connectivity index (χ0v) is 14.9. The van der Waals surface area contributed by atoms with Crippen molar-refractivity contribution < 1.29 is 22.0 Å². The highest BCUT2D eigenvalue weighted by molar-refractivity contribution is 7.88. The van der Waals surface area contributed by atoms with E-state index >= 15 is 0 Å². The maximum atomic E-state index is 13.8. The fraction of sp³-hybridized carbons (Fsp3) is 0.316. The Balaban J connectivity index is 1.65. The van der Waals surface area contributed by atoms with Crippen LogP contribution in [0.2, 0.25) is 0 Å². The number of nitrogens with zero attached hydrogens (tertiary/aromatic N) is 1. The Morgan fingerprint density at radius 3 is 2.35 bits per heavy atom. The lowest BCUT2D eigenvalue weighted by Gasteiger charge is -2.30. The summed E-state index contributed by atoms with van der Waals surface area (Å²) in [5.41, 5.74) is 0.433. The number of piperidine rings is 1. The maximum Gasteiger partial charge on any atom is 0.218 e. The summed E-state index contributed by atoms with van der Waals surface area (Å²) in [6, 6.07) is 11.7. The number of halogens is 2. The van der Waals surface area contributed by atoms with Crippen molar-refractivity contribution in [2.24, 2.45) is 5.92 Å². The van der Waals surface area contributed by atoms with Crippen LogP contribution >= 0.6 is 0 Å². The molecule has 1 fully saturated rings. The second-order valence-electron chi connectivity index (χ2n) is 6.40. The monoisotopic (exact) mass is 379 g/mol. The van der Waals surface area contributed by atoms with Gasteiger partial charge >= 0.3 is 0 Å². The molecule has 0 amide bonds. The van der Waals surface area contributed by atoms with Gasteiger partial charge in [0.2, 0.25) is 10.0 Å². The van der Waals surface area contributed by atoms with Gasteiger partial charge in [0, 0.05) is 19.0 Å². The molecule has 138 valence electrons. The first kappa shape index (κ1) is 18.7. The average molecular weight is 379 g/mol. The van der Waals surface area contributed by atoms with Crippen LogP contribution in [0.25, 0.3) is 0 Å².